The number of hydrogen-bond acceptors (Lipinski definition) is 7. The van der Waals surface area contributed by atoms with E-state index in [1.54, 1.807) is 93.4 Å². The van der Waals surface area contributed by atoms with Crippen molar-refractivity contribution in [3.05, 3.63) is 78.4 Å². The molecule has 5 rings (SSSR count). The van der Waals surface area contributed by atoms with Crippen LogP contribution in [0, 0.1) is 0 Å². The van der Waals surface area contributed by atoms with E-state index in [2.05, 4.69) is 20.9 Å². The van der Waals surface area contributed by atoms with Gasteiger partial charge in [-0.3, -0.25) is 24.3 Å². The van der Waals surface area contributed by atoms with E-state index >= 15 is 0 Å². The van der Waals surface area contributed by atoms with Crippen LogP contribution in [0.5, 0.6) is 5.75 Å². The summed E-state index contributed by atoms with van der Waals surface area (Å²) in [6, 6.07) is 10.4. The minimum atomic E-state index is -0.694. The highest BCUT2D eigenvalue weighted by Crippen LogP contribution is 2.24. The van der Waals surface area contributed by atoms with Gasteiger partial charge in [-0.15, -0.1) is 0 Å². The molecule has 0 fully saturated rings. The fraction of sp³-hybridized carbons (Fsp3) is 0.258. The van der Waals surface area contributed by atoms with E-state index in [1.807, 2.05) is 18.2 Å². The summed E-state index contributed by atoms with van der Waals surface area (Å²) in [4.78, 5) is 55.8. The van der Waals surface area contributed by atoms with Crippen molar-refractivity contribution in [2.75, 3.05) is 23.1 Å². The summed E-state index contributed by atoms with van der Waals surface area (Å²) in [5, 5.41) is 8.90. The normalized spacial score (nSPS) is 11.4. The Bertz CT molecular complexity index is 1950. The molecule has 45 heavy (non-hydrogen) atoms. The van der Waals surface area contributed by atoms with Crippen LogP contribution < -0.4 is 20.7 Å². The molecule has 0 radical (unpaired) electrons. The van der Waals surface area contributed by atoms with Gasteiger partial charge in [-0.1, -0.05) is 0 Å². The van der Waals surface area contributed by atoms with Crippen molar-refractivity contribution in [2.24, 2.45) is 21.1 Å². The standard InChI is InChI=1S/C31H34N8O6/c1-31(2,3)45-30(43)35-25-17-38(6)26(34-25)28(41)33-19-13-23(36(4)15-19)27(40)32-20-14-24(37(5)16-20)29(42)39-11-10-18-12-21(44-7)8-9-22(18)39/h8-17H,1-7H3,(H,32,40)(H,33,41)(H,35,43). The van der Waals surface area contributed by atoms with Crippen LogP contribution in [0.25, 0.3) is 10.9 Å². The maximum absolute atomic E-state index is 13.4. The number of nitrogens with zero attached hydrogens (tertiary/aromatic N) is 5. The molecule has 0 atom stereocenters. The van der Waals surface area contributed by atoms with Crippen LogP contribution in [-0.2, 0) is 25.9 Å². The molecule has 4 aromatic heterocycles. The monoisotopic (exact) mass is 614 g/mol. The van der Waals surface area contributed by atoms with E-state index < -0.39 is 23.5 Å². The summed E-state index contributed by atoms with van der Waals surface area (Å²) in [7, 11) is 6.59. The Morgan fingerprint density at radius 1 is 0.778 bits per heavy atom. The van der Waals surface area contributed by atoms with Crippen molar-refractivity contribution < 1.29 is 28.7 Å². The largest absolute Gasteiger partial charge is 0.497 e. The number of aromatic nitrogens is 5. The van der Waals surface area contributed by atoms with E-state index in [-0.39, 0.29) is 23.2 Å². The van der Waals surface area contributed by atoms with Crippen molar-refractivity contribution in [3.63, 3.8) is 0 Å². The fourth-order valence-corrected chi connectivity index (χ4v) is 4.78. The van der Waals surface area contributed by atoms with Crippen LogP contribution in [0.1, 0.15) is 52.4 Å². The van der Waals surface area contributed by atoms with Crippen LogP contribution in [0.15, 0.2) is 61.2 Å². The fourth-order valence-electron chi connectivity index (χ4n) is 4.78. The number of hydrogen-bond donors (Lipinski definition) is 3. The Kier molecular flexibility index (Phi) is 7.98. The Hall–Kier alpha value is -5.79. The Labute approximate surface area is 258 Å². The minimum absolute atomic E-state index is 0.0343. The van der Waals surface area contributed by atoms with Gasteiger partial charge in [-0.2, -0.15) is 0 Å². The lowest BCUT2D eigenvalue weighted by atomic mass is 10.2. The molecular formula is C31H34N8O6. The van der Waals surface area contributed by atoms with Crippen LogP contribution in [0.4, 0.5) is 22.0 Å². The predicted octanol–water partition coefficient (Wildman–Crippen LogP) is 4.60. The van der Waals surface area contributed by atoms with Crippen molar-refractivity contribution in [2.45, 2.75) is 26.4 Å². The summed E-state index contributed by atoms with van der Waals surface area (Å²) >= 11 is 0. The number of anilines is 3. The molecule has 234 valence electrons. The Morgan fingerprint density at radius 2 is 1.42 bits per heavy atom. The zero-order valence-corrected chi connectivity index (χ0v) is 26.0. The van der Waals surface area contributed by atoms with E-state index in [4.69, 9.17) is 9.47 Å². The number of carbonyl (C=O) groups is 4. The number of rotatable bonds is 7. The third-order valence-corrected chi connectivity index (χ3v) is 6.80. The van der Waals surface area contributed by atoms with E-state index in [0.717, 1.165) is 10.9 Å². The summed E-state index contributed by atoms with van der Waals surface area (Å²) in [5.74, 6) is -0.376. The van der Waals surface area contributed by atoms with Crippen LogP contribution in [0.2, 0.25) is 0 Å². The first-order valence-corrected chi connectivity index (χ1v) is 13.9. The van der Waals surface area contributed by atoms with Crippen LogP contribution >= 0.6 is 0 Å². The van der Waals surface area contributed by atoms with Gasteiger partial charge in [0.2, 0.25) is 5.82 Å². The summed E-state index contributed by atoms with van der Waals surface area (Å²) in [6.07, 6.45) is 5.72. The smallest absolute Gasteiger partial charge is 0.413 e. The molecule has 0 bridgehead atoms. The highest BCUT2D eigenvalue weighted by molar-refractivity contribution is 6.07. The predicted molar refractivity (Wildman–Crippen MR) is 168 cm³/mol. The molecule has 14 heteroatoms. The highest BCUT2D eigenvalue weighted by atomic mass is 16.6. The maximum atomic E-state index is 13.4. The maximum Gasteiger partial charge on any atom is 0.413 e. The number of benzene rings is 1. The zero-order chi connectivity index (χ0) is 32.6. The lowest BCUT2D eigenvalue weighted by Crippen LogP contribution is -2.27. The Morgan fingerprint density at radius 3 is 2.09 bits per heavy atom. The zero-order valence-electron chi connectivity index (χ0n) is 26.0. The second kappa shape index (κ2) is 11.7. The molecular weight excluding hydrogens is 580 g/mol. The van der Waals surface area contributed by atoms with Gasteiger partial charge in [-0.25, -0.2) is 9.78 Å². The van der Waals surface area contributed by atoms with E-state index in [1.165, 1.54) is 16.8 Å². The number of fused-ring (bicyclic) bond motifs is 1. The molecule has 0 unspecified atom stereocenters. The molecule has 0 aliphatic rings. The molecule has 5 aromatic rings. The lowest BCUT2D eigenvalue weighted by molar-refractivity contribution is 0.0634. The van der Waals surface area contributed by atoms with Gasteiger partial charge in [0, 0.05) is 51.3 Å². The Balaban J connectivity index is 1.26. The number of carbonyl (C=O) groups excluding carboxylic acids is 4. The van der Waals surface area contributed by atoms with Gasteiger partial charge >= 0.3 is 6.09 Å². The first kappa shape index (κ1) is 30.7. The molecule has 1 aromatic carbocycles. The number of amides is 3. The first-order valence-electron chi connectivity index (χ1n) is 13.9. The van der Waals surface area contributed by atoms with Crippen molar-refractivity contribution >= 4 is 51.9 Å². The van der Waals surface area contributed by atoms with Gasteiger partial charge < -0.3 is 33.8 Å². The number of ether oxygens (including phenoxy) is 2. The molecule has 4 heterocycles. The molecule has 3 N–H and O–H groups in total. The second-order valence-corrected chi connectivity index (χ2v) is 11.5. The number of methoxy groups -OCH3 is 1. The van der Waals surface area contributed by atoms with Crippen molar-refractivity contribution in [1.29, 1.82) is 0 Å². The van der Waals surface area contributed by atoms with Gasteiger partial charge in [0.15, 0.2) is 5.82 Å². The highest BCUT2D eigenvalue weighted by Gasteiger charge is 2.22. The average Bonchev–Trinajstić information content (AvgIpc) is 3.72. The molecule has 0 aliphatic heterocycles. The van der Waals surface area contributed by atoms with Crippen molar-refractivity contribution in [3.8, 4) is 5.75 Å². The molecule has 0 saturated heterocycles. The van der Waals surface area contributed by atoms with Gasteiger partial charge in [0.05, 0.1) is 24.0 Å². The van der Waals surface area contributed by atoms with Gasteiger partial charge in [-0.05, 0) is 57.2 Å². The minimum Gasteiger partial charge on any atom is -0.497 e. The molecule has 0 spiro atoms. The first-order chi connectivity index (χ1) is 21.2. The molecule has 0 aliphatic carbocycles. The van der Waals surface area contributed by atoms with Gasteiger partial charge in [0.1, 0.15) is 22.7 Å². The molecule has 3 amide bonds. The second-order valence-electron chi connectivity index (χ2n) is 11.5. The number of nitrogens with one attached hydrogen (secondary N) is 3. The number of imidazole rings is 1. The van der Waals surface area contributed by atoms with E-state index in [0.29, 0.717) is 22.8 Å². The van der Waals surface area contributed by atoms with Crippen molar-refractivity contribution in [1.82, 2.24) is 23.3 Å². The third-order valence-electron chi connectivity index (χ3n) is 6.80. The van der Waals surface area contributed by atoms with Gasteiger partial charge in [0.25, 0.3) is 17.7 Å². The van der Waals surface area contributed by atoms with E-state index in [9.17, 15) is 19.2 Å². The topological polar surface area (TPSA) is 155 Å². The molecule has 14 nitrogen and oxygen atoms in total. The molecule has 0 saturated carbocycles. The SMILES string of the molecule is COc1ccc2c(ccn2C(=O)c2cc(NC(=O)c3cc(NC(=O)c4nc(NC(=O)OC(C)(C)C)cn4C)cn3C)cn2C)c1. The summed E-state index contributed by atoms with van der Waals surface area (Å²) < 4.78 is 16.7. The van der Waals surface area contributed by atoms with Crippen LogP contribution in [-0.4, -0.2) is 59.8 Å². The third kappa shape index (κ3) is 6.59. The average molecular weight is 615 g/mol. The van der Waals surface area contributed by atoms with Crippen LogP contribution in [0.3, 0.4) is 0 Å². The summed E-state index contributed by atoms with van der Waals surface area (Å²) in [5.41, 5.74) is 1.45. The number of aryl methyl sites for hydroxylation is 3. The summed E-state index contributed by atoms with van der Waals surface area (Å²) in [6.45, 7) is 5.21. The quantitative estimate of drug-likeness (QED) is 0.242. The lowest BCUT2D eigenvalue weighted by Gasteiger charge is -2.18.